The largest absolute Gasteiger partial charge is 0.468 e. The van der Waals surface area contributed by atoms with Crippen molar-refractivity contribution in [3.8, 4) is 0 Å². The number of nitrogens with one attached hydrogen (secondary N) is 1. The van der Waals surface area contributed by atoms with Crippen molar-refractivity contribution in [1.82, 2.24) is 5.32 Å². The van der Waals surface area contributed by atoms with Gasteiger partial charge in [0.15, 0.2) is 5.92 Å². The number of halogens is 1. The predicted octanol–water partition coefficient (Wildman–Crippen LogP) is 1.81. The van der Waals surface area contributed by atoms with Crippen molar-refractivity contribution in [2.75, 3.05) is 20.3 Å². The van der Waals surface area contributed by atoms with Gasteiger partial charge in [0.05, 0.1) is 24.3 Å². The van der Waals surface area contributed by atoms with Crippen molar-refractivity contribution in [2.45, 2.75) is 13.3 Å². The molecule has 0 bridgehead atoms. The molecule has 22 heavy (non-hydrogen) atoms. The van der Waals surface area contributed by atoms with Gasteiger partial charge in [-0.15, -0.1) is 0 Å². The van der Waals surface area contributed by atoms with E-state index < -0.39 is 17.9 Å². The molecule has 6 nitrogen and oxygen atoms in total. The molecule has 0 aliphatic carbocycles. The fourth-order valence-corrected chi connectivity index (χ4v) is 2.01. The molecule has 1 atom stereocenters. The molecule has 0 fully saturated rings. The Kier molecular flexibility index (Phi) is 7.39. The second-order valence-corrected chi connectivity index (χ2v) is 4.76. The number of hydrogen-bond acceptors (Lipinski definition) is 5. The van der Waals surface area contributed by atoms with E-state index in [0.29, 0.717) is 10.6 Å². The summed E-state index contributed by atoms with van der Waals surface area (Å²) in [5, 5.41) is 2.94. The Balaban J connectivity index is 2.59. The lowest BCUT2D eigenvalue weighted by molar-refractivity contribution is -0.160. The van der Waals surface area contributed by atoms with Crippen LogP contribution in [0.15, 0.2) is 24.3 Å². The molecule has 0 spiro atoms. The minimum atomic E-state index is -1.06. The summed E-state index contributed by atoms with van der Waals surface area (Å²) in [4.78, 5) is 35.2. The van der Waals surface area contributed by atoms with E-state index in [1.165, 1.54) is 7.11 Å². The Hall–Kier alpha value is -2.08. The Morgan fingerprint density at radius 2 is 1.91 bits per heavy atom. The number of methoxy groups -OCH3 is 1. The third kappa shape index (κ3) is 5.04. The van der Waals surface area contributed by atoms with Crippen molar-refractivity contribution in [1.29, 1.82) is 0 Å². The molecule has 1 N–H and O–H groups in total. The summed E-state index contributed by atoms with van der Waals surface area (Å²) in [6.07, 6.45) is 0.0850. The lowest BCUT2D eigenvalue weighted by Gasteiger charge is -2.14. The molecule has 1 aromatic carbocycles. The van der Waals surface area contributed by atoms with E-state index in [-0.39, 0.29) is 25.5 Å². The van der Waals surface area contributed by atoms with Crippen molar-refractivity contribution < 1.29 is 23.9 Å². The molecule has 1 rings (SSSR count). The molecule has 7 heteroatoms. The van der Waals surface area contributed by atoms with Crippen LogP contribution < -0.4 is 5.32 Å². The fourth-order valence-electron chi connectivity index (χ4n) is 1.79. The number of hydrogen-bond donors (Lipinski definition) is 1. The maximum Gasteiger partial charge on any atom is 0.320 e. The van der Waals surface area contributed by atoms with Gasteiger partial charge in [0.2, 0.25) is 0 Å². The second-order valence-electron chi connectivity index (χ2n) is 4.35. The number of amides is 1. The highest BCUT2D eigenvalue weighted by molar-refractivity contribution is 6.33. The van der Waals surface area contributed by atoms with Crippen LogP contribution in [0.5, 0.6) is 0 Å². The van der Waals surface area contributed by atoms with Gasteiger partial charge in [-0.1, -0.05) is 23.7 Å². The highest BCUT2D eigenvalue weighted by Crippen LogP contribution is 2.14. The van der Waals surface area contributed by atoms with E-state index in [1.54, 1.807) is 31.2 Å². The summed E-state index contributed by atoms with van der Waals surface area (Å²) in [6, 6.07) is 6.59. The van der Waals surface area contributed by atoms with Crippen molar-refractivity contribution in [3.63, 3.8) is 0 Å². The van der Waals surface area contributed by atoms with Crippen LogP contribution in [-0.2, 0) is 19.1 Å². The predicted molar refractivity (Wildman–Crippen MR) is 80.5 cm³/mol. The van der Waals surface area contributed by atoms with Crippen molar-refractivity contribution in [2.24, 2.45) is 5.92 Å². The number of carbonyl (C=O) groups excluding carboxylic acids is 3. The first kappa shape index (κ1) is 18.0. The molecule has 0 heterocycles. The topological polar surface area (TPSA) is 81.7 Å². The number of carbonyl (C=O) groups is 3. The molecule has 1 amide bonds. The number of esters is 2. The monoisotopic (exact) mass is 327 g/mol. The molecule has 1 unspecified atom stereocenters. The SMILES string of the molecule is CCOC(=O)C(CCNC(=O)c1ccccc1Cl)C(=O)OC. The van der Waals surface area contributed by atoms with Gasteiger partial charge in [-0.2, -0.15) is 0 Å². The first-order valence-electron chi connectivity index (χ1n) is 6.78. The molecule has 1 aromatic rings. The zero-order chi connectivity index (χ0) is 16.5. The lowest BCUT2D eigenvalue weighted by Crippen LogP contribution is -2.33. The maximum absolute atomic E-state index is 12.0. The fraction of sp³-hybridized carbons (Fsp3) is 0.400. The van der Waals surface area contributed by atoms with Gasteiger partial charge in [-0.3, -0.25) is 14.4 Å². The van der Waals surface area contributed by atoms with Crippen molar-refractivity contribution >= 4 is 29.4 Å². The Morgan fingerprint density at radius 3 is 2.50 bits per heavy atom. The average molecular weight is 328 g/mol. The van der Waals surface area contributed by atoms with Crippen LogP contribution in [0.3, 0.4) is 0 Å². The summed E-state index contributed by atoms with van der Waals surface area (Å²) >= 11 is 5.92. The van der Waals surface area contributed by atoms with Gasteiger partial charge < -0.3 is 14.8 Å². The Bertz CT molecular complexity index is 546. The molecule has 120 valence electrons. The Morgan fingerprint density at radius 1 is 1.23 bits per heavy atom. The minimum absolute atomic E-state index is 0.0850. The van der Waals surface area contributed by atoms with Crippen LogP contribution in [0.25, 0.3) is 0 Å². The van der Waals surface area contributed by atoms with Gasteiger partial charge in [0.25, 0.3) is 5.91 Å². The molecular formula is C15H18ClNO5. The van der Waals surface area contributed by atoms with Crippen LogP contribution in [0.1, 0.15) is 23.7 Å². The van der Waals surface area contributed by atoms with Crippen LogP contribution in [0.2, 0.25) is 5.02 Å². The number of rotatable bonds is 7. The summed E-state index contributed by atoms with van der Waals surface area (Å²) < 4.78 is 9.38. The molecule has 0 saturated carbocycles. The lowest BCUT2D eigenvalue weighted by atomic mass is 10.1. The highest BCUT2D eigenvalue weighted by Gasteiger charge is 2.28. The first-order valence-corrected chi connectivity index (χ1v) is 7.16. The summed E-state index contributed by atoms with van der Waals surface area (Å²) in [5.74, 6) is -2.79. The zero-order valence-electron chi connectivity index (χ0n) is 12.4. The Labute approximate surface area is 133 Å². The molecule has 0 saturated heterocycles. The van der Waals surface area contributed by atoms with Gasteiger partial charge in [0.1, 0.15) is 0 Å². The van der Waals surface area contributed by atoms with Crippen LogP contribution in [0, 0.1) is 5.92 Å². The third-order valence-corrected chi connectivity index (χ3v) is 3.22. The normalized spacial score (nSPS) is 11.4. The van der Waals surface area contributed by atoms with E-state index in [1.807, 2.05) is 0 Å². The molecule has 0 aromatic heterocycles. The van der Waals surface area contributed by atoms with Crippen LogP contribution in [0.4, 0.5) is 0 Å². The maximum atomic E-state index is 12.0. The smallest absolute Gasteiger partial charge is 0.320 e. The zero-order valence-corrected chi connectivity index (χ0v) is 13.2. The molecule has 0 aliphatic rings. The minimum Gasteiger partial charge on any atom is -0.468 e. The quantitative estimate of drug-likeness (QED) is 0.610. The van der Waals surface area contributed by atoms with E-state index in [0.717, 1.165) is 0 Å². The van der Waals surface area contributed by atoms with E-state index in [9.17, 15) is 14.4 Å². The van der Waals surface area contributed by atoms with E-state index in [2.05, 4.69) is 10.1 Å². The summed E-state index contributed by atoms with van der Waals surface area (Å²) in [7, 11) is 1.19. The van der Waals surface area contributed by atoms with E-state index >= 15 is 0 Å². The first-order chi connectivity index (χ1) is 10.5. The standard InChI is InChI=1S/C15H18ClNO5/c1-3-22-15(20)11(14(19)21-2)8-9-17-13(18)10-6-4-5-7-12(10)16/h4-7,11H,3,8-9H2,1-2H3,(H,17,18). The highest BCUT2D eigenvalue weighted by atomic mass is 35.5. The van der Waals surface area contributed by atoms with Gasteiger partial charge in [-0.05, 0) is 25.5 Å². The van der Waals surface area contributed by atoms with Crippen LogP contribution in [-0.4, -0.2) is 38.1 Å². The van der Waals surface area contributed by atoms with Crippen molar-refractivity contribution in [3.05, 3.63) is 34.9 Å². The van der Waals surface area contributed by atoms with E-state index in [4.69, 9.17) is 16.3 Å². The summed E-state index contributed by atoms with van der Waals surface area (Å²) in [5.41, 5.74) is 0.329. The summed E-state index contributed by atoms with van der Waals surface area (Å²) in [6.45, 7) is 1.92. The van der Waals surface area contributed by atoms with Gasteiger partial charge in [0, 0.05) is 6.54 Å². The average Bonchev–Trinajstić information content (AvgIpc) is 2.51. The molecule has 0 radical (unpaired) electrons. The van der Waals surface area contributed by atoms with Gasteiger partial charge in [-0.25, -0.2) is 0 Å². The van der Waals surface area contributed by atoms with Crippen LogP contribution >= 0.6 is 11.6 Å². The number of ether oxygens (including phenoxy) is 2. The second kappa shape index (κ2) is 9.04. The number of benzene rings is 1. The molecular weight excluding hydrogens is 310 g/mol. The molecule has 0 aliphatic heterocycles. The third-order valence-electron chi connectivity index (χ3n) is 2.89. The van der Waals surface area contributed by atoms with Gasteiger partial charge >= 0.3 is 11.9 Å².